The van der Waals surface area contributed by atoms with E-state index in [9.17, 15) is 9.59 Å². The number of rotatable bonds is 9. The molecule has 0 radical (unpaired) electrons. The Kier molecular flexibility index (Phi) is 11.0. The number of carbonyl (C=O) groups excluding carboxylic acids is 2. The van der Waals surface area contributed by atoms with Crippen LogP contribution in [0.1, 0.15) is 47.9 Å². The first-order valence-electron chi connectivity index (χ1n) is 9.35. The third-order valence-corrected chi connectivity index (χ3v) is 3.38. The molecular weight excluding hydrogens is 360 g/mol. The van der Waals surface area contributed by atoms with Crippen molar-refractivity contribution >= 4 is 11.9 Å². The maximum Gasteiger partial charge on any atom is 0.343 e. The molecule has 0 heterocycles. The summed E-state index contributed by atoms with van der Waals surface area (Å²) < 4.78 is 20.6. The van der Waals surface area contributed by atoms with Gasteiger partial charge >= 0.3 is 11.9 Å². The van der Waals surface area contributed by atoms with Crippen molar-refractivity contribution in [1.29, 1.82) is 0 Å². The Morgan fingerprint density at radius 1 is 0.750 bits per heavy atom. The summed E-state index contributed by atoms with van der Waals surface area (Å²) >= 11 is 0. The van der Waals surface area contributed by atoms with Gasteiger partial charge < -0.3 is 18.9 Å². The van der Waals surface area contributed by atoms with Crippen molar-refractivity contribution in [3.8, 4) is 11.5 Å². The average molecular weight is 388 g/mol. The van der Waals surface area contributed by atoms with Gasteiger partial charge in [-0.1, -0.05) is 20.8 Å². The number of carbonyl (C=O) groups is 2. The summed E-state index contributed by atoms with van der Waals surface area (Å²) in [6.07, 6.45) is 0.916. The highest BCUT2D eigenvalue weighted by Crippen LogP contribution is 2.17. The maximum atomic E-state index is 12.2. The van der Waals surface area contributed by atoms with Crippen LogP contribution in [0.4, 0.5) is 0 Å². The van der Waals surface area contributed by atoms with Crippen LogP contribution in [-0.2, 0) is 9.47 Å². The van der Waals surface area contributed by atoms with Crippen LogP contribution in [0.3, 0.4) is 0 Å². The molecular formula is C22H28O6. The van der Waals surface area contributed by atoms with Gasteiger partial charge in [-0.15, -0.1) is 0 Å². The normalized spacial score (nSPS) is 9.71. The summed E-state index contributed by atoms with van der Waals surface area (Å²) in [5.74, 6) is 0.111. The van der Waals surface area contributed by atoms with Crippen LogP contribution in [0.15, 0.2) is 48.5 Å². The van der Waals surface area contributed by atoms with Gasteiger partial charge in [0, 0.05) is 7.11 Å². The summed E-state index contributed by atoms with van der Waals surface area (Å²) in [6, 6.07) is 12.9. The fourth-order valence-corrected chi connectivity index (χ4v) is 2.03. The third kappa shape index (κ3) is 7.80. The molecule has 2 rings (SSSR count). The quantitative estimate of drug-likeness (QED) is 0.357. The molecule has 152 valence electrons. The van der Waals surface area contributed by atoms with Crippen molar-refractivity contribution in [3.63, 3.8) is 0 Å². The van der Waals surface area contributed by atoms with Gasteiger partial charge in [0.15, 0.2) is 0 Å². The summed E-state index contributed by atoms with van der Waals surface area (Å²) in [5.41, 5.74) is 0.787. The molecule has 6 nitrogen and oxygen atoms in total. The van der Waals surface area contributed by atoms with Crippen molar-refractivity contribution in [2.24, 2.45) is 0 Å². The first-order valence-corrected chi connectivity index (χ1v) is 9.35. The zero-order chi connectivity index (χ0) is 20.8. The van der Waals surface area contributed by atoms with E-state index in [1.165, 1.54) is 7.11 Å². The van der Waals surface area contributed by atoms with Gasteiger partial charge in [-0.25, -0.2) is 9.59 Å². The number of benzene rings is 2. The Morgan fingerprint density at radius 2 is 1.29 bits per heavy atom. The zero-order valence-electron chi connectivity index (χ0n) is 16.9. The Bertz CT molecular complexity index is 707. The van der Waals surface area contributed by atoms with Crippen molar-refractivity contribution in [2.75, 3.05) is 26.9 Å². The molecule has 0 aliphatic rings. The minimum atomic E-state index is -0.484. The standard InChI is InChI=1S/C20H22O6.C2H6/c1-3-12-24-17-8-4-16(5-9-17)20(22)26-18-10-6-15(7-11-18)19(21)25-14-13-23-2;1-2/h4-11H,3,12-14H2,1-2H3;1-2H3. The van der Waals surface area contributed by atoms with Crippen molar-refractivity contribution < 1.29 is 28.5 Å². The first kappa shape index (κ1) is 23.2. The van der Waals surface area contributed by atoms with Crippen LogP contribution in [0, 0.1) is 0 Å². The topological polar surface area (TPSA) is 71.1 Å². The molecule has 2 aromatic rings. The second-order valence-electron chi connectivity index (χ2n) is 5.42. The highest BCUT2D eigenvalue weighted by molar-refractivity contribution is 5.92. The first-order chi connectivity index (χ1) is 13.6. The van der Waals surface area contributed by atoms with Gasteiger partial charge in [0.05, 0.1) is 24.3 Å². The van der Waals surface area contributed by atoms with Crippen LogP contribution in [-0.4, -0.2) is 38.9 Å². The summed E-state index contributed by atoms with van der Waals surface area (Å²) in [6.45, 7) is 7.17. The highest BCUT2D eigenvalue weighted by atomic mass is 16.6. The lowest BCUT2D eigenvalue weighted by Gasteiger charge is -2.07. The second kappa shape index (κ2) is 13.3. The van der Waals surface area contributed by atoms with Gasteiger partial charge in [0.1, 0.15) is 18.1 Å². The van der Waals surface area contributed by atoms with Crippen molar-refractivity contribution in [2.45, 2.75) is 27.2 Å². The predicted octanol–water partition coefficient (Wildman–Crippen LogP) is 4.52. The lowest BCUT2D eigenvalue weighted by Crippen LogP contribution is -2.11. The van der Waals surface area contributed by atoms with E-state index in [-0.39, 0.29) is 6.61 Å². The van der Waals surface area contributed by atoms with E-state index in [4.69, 9.17) is 18.9 Å². The summed E-state index contributed by atoms with van der Waals surface area (Å²) in [7, 11) is 1.53. The van der Waals surface area contributed by atoms with Gasteiger partial charge in [0.25, 0.3) is 0 Å². The molecule has 0 aliphatic carbocycles. The predicted molar refractivity (Wildman–Crippen MR) is 107 cm³/mol. The zero-order valence-corrected chi connectivity index (χ0v) is 16.9. The van der Waals surface area contributed by atoms with E-state index in [0.29, 0.717) is 35.8 Å². The largest absolute Gasteiger partial charge is 0.494 e. The van der Waals surface area contributed by atoms with Crippen molar-refractivity contribution in [3.05, 3.63) is 59.7 Å². The average Bonchev–Trinajstić information content (AvgIpc) is 2.74. The van der Waals surface area contributed by atoms with Gasteiger partial charge in [0.2, 0.25) is 0 Å². The van der Waals surface area contributed by atoms with Crippen LogP contribution in [0.2, 0.25) is 0 Å². The molecule has 0 spiro atoms. The van der Waals surface area contributed by atoms with E-state index >= 15 is 0 Å². The molecule has 28 heavy (non-hydrogen) atoms. The molecule has 0 aromatic heterocycles. The number of ether oxygens (including phenoxy) is 4. The lowest BCUT2D eigenvalue weighted by molar-refractivity contribution is 0.0388. The Morgan fingerprint density at radius 3 is 1.82 bits per heavy atom. The van der Waals surface area contributed by atoms with Crippen molar-refractivity contribution in [1.82, 2.24) is 0 Å². The van der Waals surface area contributed by atoms with E-state index in [1.807, 2.05) is 20.8 Å². The van der Waals surface area contributed by atoms with Gasteiger partial charge in [-0.3, -0.25) is 0 Å². The smallest absolute Gasteiger partial charge is 0.343 e. The SMILES string of the molecule is CC.CCCOc1ccc(C(=O)Oc2ccc(C(=O)OCCOC)cc2)cc1. The van der Waals surface area contributed by atoms with Crippen LogP contribution >= 0.6 is 0 Å². The molecule has 0 fully saturated rings. The van der Waals surface area contributed by atoms with Gasteiger partial charge in [-0.2, -0.15) is 0 Å². The highest BCUT2D eigenvalue weighted by Gasteiger charge is 2.11. The van der Waals surface area contributed by atoms with E-state index in [2.05, 4.69) is 0 Å². The Balaban J connectivity index is 0.00000190. The minimum Gasteiger partial charge on any atom is -0.494 e. The molecule has 0 amide bonds. The van der Waals surface area contributed by atoms with E-state index < -0.39 is 11.9 Å². The fraction of sp³-hybridized carbons (Fsp3) is 0.364. The molecule has 2 aromatic carbocycles. The molecule has 0 atom stereocenters. The molecule has 0 saturated heterocycles. The Labute approximate surface area is 166 Å². The molecule has 0 unspecified atom stereocenters. The Hall–Kier alpha value is -2.86. The van der Waals surface area contributed by atoms with Crippen LogP contribution in [0.25, 0.3) is 0 Å². The molecule has 0 N–H and O–H groups in total. The number of hydrogen-bond donors (Lipinski definition) is 0. The fourth-order valence-electron chi connectivity index (χ4n) is 2.03. The molecule has 0 bridgehead atoms. The molecule has 6 heteroatoms. The van der Waals surface area contributed by atoms with E-state index in [0.717, 1.165) is 6.42 Å². The molecule has 0 saturated carbocycles. The number of methoxy groups -OCH3 is 1. The third-order valence-electron chi connectivity index (χ3n) is 3.38. The second-order valence-corrected chi connectivity index (χ2v) is 5.42. The van der Waals surface area contributed by atoms with Crippen LogP contribution < -0.4 is 9.47 Å². The minimum absolute atomic E-state index is 0.185. The van der Waals surface area contributed by atoms with E-state index in [1.54, 1.807) is 48.5 Å². The molecule has 0 aliphatic heterocycles. The number of hydrogen-bond acceptors (Lipinski definition) is 6. The van der Waals surface area contributed by atoms with Gasteiger partial charge in [-0.05, 0) is 55.0 Å². The number of esters is 2. The van der Waals surface area contributed by atoms with Crippen LogP contribution in [0.5, 0.6) is 11.5 Å². The summed E-state index contributed by atoms with van der Waals surface area (Å²) in [5, 5.41) is 0. The summed E-state index contributed by atoms with van der Waals surface area (Å²) in [4.78, 5) is 23.9. The maximum absolute atomic E-state index is 12.2. The monoisotopic (exact) mass is 388 g/mol. The lowest BCUT2D eigenvalue weighted by atomic mass is 10.2.